The van der Waals surface area contributed by atoms with Gasteiger partial charge in [-0.1, -0.05) is 55.0 Å². The monoisotopic (exact) mass is 347 g/mol. The van der Waals surface area contributed by atoms with Gasteiger partial charge in [-0.05, 0) is 36.9 Å². The maximum atomic E-state index is 5.89. The van der Waals surface area contributed by atoms with Crippen LogP contribution in [0.4, 0.5) is 0 Å². The number of benzene rings is 1. The molecule has 120 valence electrons. The summed E-state index contributed by atoms with van der Waals surface area (Å²) >= 11 is 7.42. The summed E-state index contributed by atoms with van der Waals surface area (Å²) in [5, 5.41) is 14.7. The number of aromatic nitrogens is 4. The molecule has 0 N–H and O–H groups in total. The molecule has 0 saturated heterocycles. The van der Waals surface area contributed by atoms with Crippen molar-refractivity contribution in [2.45, 2.75) is 20.4 Å². The Kier molecular flexibility index (Phi) is 5.05. The van der Waals surface area contributed by atoms with Crippen LogP contribution >= 0.6 is 22.9 Å². The van der Waals surface area contributed by atoms with Gasteiger partial charge < -0.3 is 0 Å². The summed E-state index contributed by atoms with van der Waals surface area (Å²) in [5.41, 5.74) is 1.09. The van der Waals surface area contributed by atoms with E-state index in [1.807, 2.05) is 40.9 Å². The maximum absolute atomic E-state index is 5.89. The molecule has 0 amide bonds. The van der Waals surface area contributed by atoms with E-state index < -0.39 is 0 Å². The van der Waals surface area contributed by atoms with Crippen LogP contribution in [-0.2, 0) is 6.54 Å². The first-order chi connectivity index (χ1) is 11.2. The van der Waals surface area contributed by atoms with Crippen LogP contribution in [0, 0.1) is 0 Å². The minimum absolute atomic E-state index is 0.738. The Balaban J connectivity index is 1.80. The van der Waals surface area contributed by atoms with Crippen molar-refractivity contribution in [3.05, 3.63) is 45.7 Å². The molecule has 3 rings (SSSR count). The molecule has 0 atom stereocenters. The highest BCUT2D eigenvalue weighted by Crippen LogP contribution is 2.18. The number of hydrogen-bond donors (Lipinski definition) is 0. The van der Waals surface area contributed by atoms with Crippen LogP contribution in [0.2, 0.25) is 5.02 Å². The molecule has 0 fully saturated rings. The first-order valence-electron chi connectivity index (χ1n) is 7.56. The quantitative estimate of drug-likeness (QED) is 0.679. The van der Waals surface area contributed by atoms with Gasteiger partial charge in [-0.3, -0.25) is 4.90 Å². The second-order valence-electron chi connectivity index (χ2n) is 5.10. The molecular formula is C16H18ClN5S. The van der Waals surface area contributed by atoms with E-state index in [4.69, 9.17) is 11.6 Å². The maximum Gasteiger partial charge on any atom is 0.235 e. The van der Waals surface area contributed by atoms with E-state index in [9.17, 15) is 0 Å². The van der Waals surface area contributed by atoms with E-state index in [1.54, 1.807) is 0 Å². The Morgan fingerprint density at radius 1 is 1.13 bits per heavy atom. The summed E-state index contributed by atoms with van der Waals surface area (Å²) in [6, 6.07) is 7.71. The van der Waals surface area contributed by atoms with Crippen LogP contribution in [0.15, 0.2) is 24.3 Å². The van der Waals surface area contributed by atoms with Gasteiger partial charge in [-0.25, -0.2) is 0 Å². The van der Waals surface area contributed by atoms with Gasteiger partial charge in [-0.2, -0.15) is 9.61 Å². The van der Waals surface area contributed by atoms with Crippen molar-refractivity contribution < 1.29 is 0 Å². The van der Waals surface area contributed by atoms with Gasteiger partial charge >= 0.3 is 0 Å². The van der Waals surface area contributed by atoms with Crippen molar-refractivity contribution in [3.63, 3.8) is 0 Å². The predicted octanol–water partition coefficient (Wildman–Crippen LogP) is 3.85. The summed E-state index contributed by atoms with van der Waals surface area (Å²) in [5.74, 6) is 0.881. The SMILES string of the molecule is CCN(CC)Cc1nnc2sc(C=Cc3ccc(Cl)cc3)nn12. The topological polar surface area (TPSA) is 46.3 Å². The van der Waals surface area contributed by atoms with E-state index in [0.29, 0.717) is 0 Å². The third kappa shape index (κ3) is 3.77. The van der Waals surface area contributed by atoms with Gasteiger partial charge in [0.25, 0.3) is 0 Å². The summed E-state index contributed by atoms with van der Waals surface area (Å²) in [6.45, 7) is 7.02. The third-order valence-electron chi connectivity index (χ3n) is 3.62. The Hall–Kier alpha value is -1.76. The van der Waals surface area contributed by atoms with Gasteiger partial charge in [0.1, 0.15) is 5.01 Å². The number of rotatable bonds is 6. The molecular weight excluding hydrogens is 330 g/mol. The molecule has 0 unspecified atom stereocenters. The normalized spacial score (nSPS) is 12.0. The molecule has 2 heterocycles. The highest BCUT2D eigenvalue weighted by molar-refractivity contribution is 7.17. The lowest BCUT2D eigenvalue weighted by Gasteiger charge is -2.15. The average molecular weight is 348 g/mol. The molecule has 2 aromatic heterocycles. The number of halogens is 1. The Bertz CT molecular complexity index is 802. The molecule has 0 spiro atoms. The lowest BCUT2D eigenvalue weighted by Crippen LogP contribution is -2.23. The molecule has 0 bridgehead atoms. The van der Waals surface area contributed by atoms with Crippen molar-refractivity contribution in [2.24, 2.45) is 0 Å². The molecule has 0 aliphatic heterocycles. The molecule has 7 heteroatoms. The highest BCUT2D eigenvalue weighted by atomic mass is 35.5. The van der Waals surface area contributed by atoms with Gasteiger partial charge in [-0.15, -0.1) is 10.2 Å². The molecule has 0 saturated carbocycles. The smallest absolute Gasteiger partial charge is 0.235 e. The Labute approximate surface area is 144 Å². The molecule has 23 heavy (non-hydrogen) atoms. The van der Waals surface area contributed by atoms with Crippen molar-refractivity contribution in [1.29, 1.82) is 0 Å². The molecule has 5 nitrogen and oxygen atoms in total. The van der Waals surface area contributed by atoms with Gasteiger partial charge in [0.2, 0.25) is 4.96 Å². The molecule has 1 aromatic carbocycles. The van der Waals surface area contributed by atoms with E-state index in [-0.39, 0.29) is 0 Å². The molecule has 3 aromatic rings. The Morgan fingerprint density at radius 2 is 1.87 bits per heavy atom. The molecule has 0 aliphatic rings. The second-order valence-corrected chi connectivity index (χ2v) is 6.52. The number of fused-ring (bicyclic) bond motifs is 1. The van der Waals surface area contributed by atoms with Crippen LogP contribution < -0.4 is 0 Å². The van der Waals surface area contributed by atoms with Crippen LogP contribution in [0.3, 0.4) is 0 Å². The second kappa shape index (κ2) is 7.21. The van der Waals surface area contributed by atoms with Gasteiger partial charge in [0.15, 0.2) is 5.82 Å². The fraction of sp³-hybridized carbons (Fsp3) is 0.312. The van der Waals surface area contributed by atoms with Gasteiger partial charge in [0, 0.05) is 5.02 Å². The first kappa shape index (κ1) is 16.1. The van der Waals surface area contributed by atoms with Crippen molar-refractivity contribution in [1.82, 2.24) is 24.7 Å². The fourth-order valence-electron chi connectivity index (χ4n) is 2.23. The molecule has 0 aliphatic carbocycles. The lowest BCUT2D eigenvalue weighted by molar-refractivity contribution is 0.286. The lowest BCUT2D eigenvalue weighted by atomic mass is 10.2. The zero-order valence-corrected chi connectivity index (χ0v) is 14.7. The number of hydrogen-bond acceptors (Lipinski definition) is 5. The Morgan fingerprint density at radius 3 is 2.57 bits per heavy atom. The van der Waals surface area contributed by atoms with Crippen LogP contribution in [0.5, 0.6) is 0 Å². The first-order valence-corrected chi connectivity index (χ1v) is 8.76. The van der Waals surface area contributed by atoms with Gasteiger partial charge in [0.05, 0.1) is 6.54 Å². The molecule has 0 radical (unpaired) electrons. The summed E-state index contributed by atoms with van der Waals surface area (Å²) in [4.78, 5) is 3.11. The zero-order chi connectivity index (χ0) is 16.2. The summed E-state index contributed by atoms with van der Waals surface area (Å²) in [6.07, 6.45) is 4.01. The largest absolute Gasteiger partial charge is 0.296 e. The number of nitrogens with zero attached hydrogens (tertiary/aromatic N) is 5. The van der Waals surface area contributed by atoms with Crippen molar-refractivity contribution >= 4 is 40.1 Å². The predicted molar refractivity (Wildman–Crippen MR) is 95.7 cm³/mol. The van der Waals surface area contributed by atoms with Crippen LogP contribution in [0.25, 0.3) is 17.1 Å². The van der Waals surface area contributed by atoms with Crippen LogP contribution in [-0.4, -0.2) is 37.8 Å². The van der Waals surface area contributed by atoms with Crippen molar-refractivity contribution in [2.75, 3.05) is 13.1 Å². The third-order valence-corrected chi connectivity index (χ3v) is 4.73. The van der Waals surface area contributed by atoms with E-state index in [1.165, 1.54) is 11.3 Å². The van der Waals surface area contributed by atoms with Crippen molar-refractivity contribution in [3.8, 4) is 0 Å². The average Bonchev–Trinajstić information content (AvgIpc) is 3.13. The minimum Gasteiger partial charge on any atom is -0.296 e. The van der Waals surface area contributed by atoms with E-state index in [0.717, 1.165) is 46.0 Å². The summed E-state index contributed by atoms with van der Waals surface area (Å²) in [7, 11) is 0. The fourth-order valence-corrected chi connectivity index (χ4v) is 3.11. The highest BCUT2D eigenvalue weighted by Gasteiger charge is 2.12. The van der Waals surface area contributed by atoms with Crippen LogP contribution in [0.1, 0.15) is 30.2 Å². The zero-order valence-electron chi connectivity index (χ0n) is 13.1. The van der Waals surface area contributed by atoms with E-state index >= 15 is 0 Å². The summed E-state index contributed by atoms with van der Waals surface area (Å²) < 4.78 is 1.84. The minimum atomic E-state index is 0.738. The van der Waals surface area contributed by atoms with E-state index in [2.05, 4.69) is 34.0 Å². The standard InChI is InChI=1S/C16H18ClN5S/c1-3-21(4-2)11-14-18-19-16-22(14)20-15(23-16)10-7-12-5-8-13(17)9-6-12/h5-10H,3-4,11H2,1-2H3.